The van der Waals surface area contributed by atoms with E-state index in [9.17, 15) is 15.3 Å². The molecule has 0 amide bonds. The molecule has 0 aromatic rings. The number of piperidine rings is 1. The lowest BCUT2D eigenvalue weighted by molar-refractivity contribution is -0.917. The Balaban J connectivity index is 0.00000417. The number of ether oxygens (including phenoxy) is 2. The minimum atomic E-state index is -1.25. The summed E-state index contributed by atoms with van der Waals surface area (Å²) >= 11 is 0. The lowest BCUT2D eigenvalue weighted by Crippen LogP contribution is -3.00. The highest BCUT2D eigenvalue weighted by atomic mass is 127. The van der Waals surface area contributed by atoms with Crippen molar-refractivity contribution in [1.82, 2.24) is 0 Å². The predicted octanol–water partition coefficient (Wildman–Crippen LogP) is 3.86. The van der Waals surface area contributed by atoms with E-state index in [2.05, 4.69) is 47.7 Å². The Morgan fingerprint density at radius 3 is 2.37 bits per heavy atom. The lowest BCUT2D eigenvalue weighted by atomic mass is 9.47. The fourth-order valence-corrected chi connectivity index (χ4v) is 12.0. The number of fused-ring (bicyclic) bond motifs is 5. The van der Waals surface area contributed by atoms with E-state index in [1.807, 2.05) is 0 Å². The Morgan fingerprint density at radius 2 is 1.65 bits per heavy atom. The van der Waals surface area contributed by atoms with Gasteiger partial charge in [-0.15, -0.1) is 0 Å². The number of allylic oxidation sites excluding steroid dienone is 1. The standard InChI is InChI=1S/C39H68NO5.HI/c1-25(2)11-10-12-26(3)30-15-16-31-29-14-13-27-23-28(17-19-38(27,4)32(29)18-20-39(30,31)5)44-37-36(43)35(42)34(41)33(45-37)24-40(6)21-8-7-9-22-40;/h13,25-26,28-37,41-43H,7-12,14-24H2,1-6H3;1H/q+1;/p-1/t26-,28+,29+,30-,31+,32+,33-,34-,35+,36-,37-,38+,39-;/m1./s1. The van der Waals surface area contributed by atoms with Crippen LogP contribution in [0.1, 0.15) is 125 Å². The number of aliphatic hydroxyl groups excluding tert-OH is 3. The van der Waals surface area contributed by atoms with Gasteiger partial charge in [-0.25, -0.2) is 0 Å². The van der Waals surface area contributed by atoms with Gasteiger partial charge >= 0.3 is 0 Å². The number of aliphatic hydroxyl groups is 3. The van der Waals surface area contributed by atoms with Gasteiger partial charge in [-0.2, -0.15) is 0 Å². The minimum Gasteiger partial charge on any atom is -1.00 e. The van der Waals surface area contributed by atoms with Crippen LogP contribution in [-0.4, -0.2) is 83.3 Å². The van der Waals surface area contributed by atoms with Crippen LogP contribution in [0.2, 0.25) is 0 Å². The lowest BCUT2D eigenvalue weighted by Gasteiger charge is -2.58. The van der Waals surface area contributed by atoms with Crippen molar-refractivity contribution in [2.24, 2.45) is 46.3 Å². The van der Waals surface area contributed by atoms with Crippen LogP contribution in [-0.2, 0) is 9.47 Å². The van der Waals surface area contributed by atoms with Crippen molar-refractivity contribution in [1.29, 1.82) is 0 Å². The zero-order valence-corrected chi connectivity index (χ0v) is 32.2. The third-order valence-electron chi connectivity index (χ3n) is 14.8. The van der Waals surface area contributed by atoms with E-state index in [-0.39, 0.29) is 35.5 Å². The molecule has 3 saturated carbocycles. The highest BCUT2D eigenvalue weighted by Gasteiger charge is 2.59. The topological polar surface area (TPSA) is 79.2 Å². The largest absolute Gasteiger partial charge is 1.00 e. The second-order valence-electron chi connectivity index (χ2n) is 18.1. The molecule has 0 radical (unpaired) electrons. The summed E-state index contributed by atoms with van der Waals surface area (Å²) < 4.78 is 13.7. The van der Waals surface area contributed by atoms with E-state index in [4.69, 9.17) is 9.47 Å². The Hall–Kier alpha value is 0.230. The molecule has 6 nitrogen and oxygen atoms in total. The zero-order chi connectivity index (χ0) is 32.1. The van der Waals surface area contributed by atoms with Crippen molar-refractivity contribution in [2.75, 3.05) is 26.7 Å². The van der Waals surface area contributed by atoms with Crippen molar-refractivity contribution in [3.8, 4) is 0 Å². The van der Waals surface area contributed by atoms with Crippen molar-refractivity contribution in [3.05, 3.63) is 11.6 Å². The summed E-state index contributed by atoms with van der Waals surface area (Å²) in [4.78, 5) is 0. The van der Waals surface area contributed by atoms with Gasteiger partial charge < -0.3 is 53.3 Å². The molecule has 5 fully saturated rings. The van der Waals surface area contributed by atoms with Crippen molar-refractivity contribution < 1.29 is 53.3 Å². The molecule has 6 aliphatic rings. The summed E-state index contributed by atoms with van der Waals surface area (Å²) in [5.74, 6) is 4.97. The van der Waals surface area contributed by atoms with Crippen LogP contribution in [0.3, 0.4) is 0 Å². The number of rotatable bonds is 9. The molecule has 0 spiro atoms. The van der Waals surface area contributed by atoms with Gasteiger partial charge in [0.15, 0.2) is 6.29 Å². The maximum atomic E-state index is 10.9. The third-order valence-corrected chi connectivity index (χ3v) is 14.8. The molecule has 2 heterocycles. The van der Waals surface area contributed by atoms with Crippen LogP contribution in [0.15, 0.2) is 11.6 Å². The molecule has 7 heteroatoms. The van der Waals surface area contributed by atoms with Crippen LogP contribution < -0.4 is 24.0 Å². The molecular formula is C39H68INO5. The zero-order valence-electron chi connectivity index (χ0n) is 30.0. The number of likely N-dealkylation sites (N-methyl/N-ethyl adjacent to an activating group) is 1. The average molecular weight is 758 g/mol. The highest BCUT2D eigenvalue weighted by Crippen LogP contribution is 2.67. The molecule has 13 atom stereocenters. The van der Waals surface area contributed by atoms with E-state index in [1.54, 1.807) is 5.57 Å². The fourth-order valence-electron chi connectivity index (χ4n) is 12.0. The molecule has 0 aromatic carbocycles. The van der Waals surface area contributed by atoms with Crippen LogP contribution in [0.25, 0.3) is 0 Å². The molecular weight excluding hydrogens is 689 g/mol. The van der Waals surface area contributed by atoms with E-state index < -0.39 is 30.7 Å². The number of hydrogen-bond acceptors (Lipinski definition) is 5. The third kappa shape index (κ3) is 7.19. The smallest absolute Gasteiger partial charge is 0.187 e. The fraction of sp³-hybridized carbons (Fsp3) is 0.949. The van der Waals surface area contributed by atoms with Crippen LogP contribution in [0.4, 0.5) is 0 Å². The summed E-state index contributed by atoms with van der Waals surface area (Å²) in [7, 11) is 2.22. The van der Waals surface area contributed by atoms with Crippen LogP contribution in [0, 0.1) is 46.3 Å². The molecule has 0 bridgehead atoms. The number of hydrogen-bond donors (Lipinski definition) is 3. The molecule has 4 aliphatic carbocycles. The number of likely N-dealkylation sites (tertiary alicyclic amines) is 1. The number of halogens is 1. The summed E-state index contributed by atoms with van der Waals surface area (Å²) in [5.41, 5.74) is 2.31. The average Bonchev–Trinajstić information content (AvgIpc) is 3.36. The van der Waals surface area contributed by atoms with Gasteiger partial charge in [-0.1, -0.05) is 65.5 Å². The first-order valence-electron chi connectivity index (χ1n) is 19.2. The molecule has 0 unspecified atom stereocenters. The summed E-state index contributed by atoms with van der Waals surface area (Å²) in [6, 6.07) is 0. The quantitative estimate of drug-likeness (QED) is 0.190. The number of nitrogens with zero attached hydrogens (tertiary/aromatic N) is 1. The molecule has 46 heavy (non-hydrogen) atoms. The van der Waals surface area contributed by atoms with Crippen molar-refractivity contribution >= 4 is 0 Å². The monoisotopic (exact) mass is 757 g/mol. The Bertz CT molecular complexity index is 1050. The molecule has 3 N–H and O–H groups in total. The van der Waals surface area contributed by atoms with Gasteiger partial charge in [-0.3, -0.25) is 0 Å². The van der Waals surface area contributed by atoms with Gasteiger partial charge in [-0.05, 0) is 117 Å². The van der Waals surface area contributed by atoms with Crippen molar-refractivity contribution in [2.45, 2.75) is 161 Å². The first-order valence-corrected chi connectivity index (χ1v) is 19.2. The molecule has 0 aromatic heterocycles. The number of quaternary nitrogens is 1. The van der Waals surface area contributed by atoms with Crippen molar-refractivity contribution in [3.63, 3.8) is 0 Å². The second-order valence-corrected chi connectivity index (χ2v) is 18.1. The minimum absolute atomic E-state index is 0. The Kier molecular flexibility index (Phi) is 12.1. The Labute approximate surface area is 298 Å². The SMILES string of the molecule is CC(C)CCC[C@@H](C)[C@H]1CC[C@H]2[C@@H]3CC=C4C[C@@H](O[C@@H]5O[C@H](C[N+]6(C)CCCCC6)[C@@H](O)[C@H](O)[C@H]5O)CC[C@]4(C)[C@H]3CC[C@]12C.[I-]. The second kappa shape index (κ2) is 14.8. The van der Waals surface area contributed by atoms with Gasteiger partial charge in [0.25, 0.3) is 0 Å². The first kappa shape index (κ1) is 37.5. The predicted molar refractivity (Wildman–Crippen MR) is 179 cm³/mol. The molecule has 2 aliphatic heterocycles. The summed E-state index contributed by atoms with van der Waals surface area (Å²) in [6.07, 6.45) is 15.1. The van der Waals surface area contributed by atoms with Gasteiger partial charge in [0, 0.05) is 0 Å². The normalized spacial score (nSPS) is 46.0. The summed E-state index contributed by atoms with van der Waals surface area (Å²) in [5, 5.41) is 32.6. The van der Waals surface area contributed by atoms with Gasteiger partial charge in [0.05, 0.1) is 26.2 Å². The van der Waals surface area contributed by atoms with Crippen LogP contribution in [0.5, 0.6) is 0 Å². The van der Waals surface area contributed by atoms with E-state index in [0.29, 0.717) is 12.0 Å². The molecule has 266 valence electrons. The van der Waals surface area contributed by atoms with E-state index in [1.165, 1.54) is 70.6 Å². The Morgan fingerprint density at radius 1 is 0.913 bits per heavy atom. The van der Waals surface area contributed by atoms with Gasteiger partial charge in [0.2, 0.25) is 0 Å². The maximum Gasteiger partial charge on any atom is 0.187 e. The van der Waals surface area contributed by atoms with Gasteiger partial charge in [0.1, 0.15) is 31.0 Å². The first-order chi connectivity index (χ1) is 21.3. The highest BCUT2D eigenvalue weighted by molar-refractivity contribution is 5.25. The van der Waals surface area contributed by atoms with E-state index in [0.717, 1.165) is 72.3 Å². The summed E-state index contributed by atoms with van der Waals surface area (Å²) in [6.45, 7) is 15.3. The van der Waals surface area contributed by atoms with E-state index >= 15 is 0 Å². The molecule has 2 saturated heterocycles. The molecule has 6 rings (SSSR count). The maximum absolute atomic E-state index is 10.9. The van der Waals surface area contributed by atoms with Crippen LogP contribution >= 0.6 is 0 Å².